The largest absolute Gasteiger partial charge is 0.352 e. The van der Waals surface area contributed by atoms with Crippen LogP contribution in [0.3, 0.4) is 0 Å². The highest BCUT2D eigenvalue weighted by atomic mass is 35.5. The van der Waals surface area contributed by atoms with Gasteiger partial charge >= 0.3 is 0 Å². The van der Waals surface area contributed by atoms with Crippen LogP contribution in [0.25, 0.3) is 0 Å². The average Bonchev–Trinajstić information content (AvgIpc) is 2.92. The number of nitrogens with one attached hydrogen (secondary N) is 1. The minimum atomic E-state index is -3.56. The number of carbonyl (C=O) groups is 2. The van der Waals surface area contributed by atoms with Crippen molar-refractivity contribution in [1.82, 2.24) is 10.2 Å². The zero-order chi connectivity index (χ0) is 30.0. The maximum Gasteiger partial charge on any atom is 0.243 e. The van der Waals surface area contributed by atoms with Gasteiger partial charge in [-0.1, -0.05) is 73.1 Å². The number of rotatable bonds is 14. The van der Waals surface area contributed by atoms with Crippen molar-refractivity contribution in [2.24, 2.45) is 0 Å². The maximum absolute atomic E-state index is 13.9. The third kappa shape index (κ3) is 9.90. The van der Waals surface area contributed by atoms with Crippen molar-refractivity contribution in [3.8, 4) is 0 Å². The summed E-state index contributed by atoms with van der Waals surface area (Å²) in [6, 6.07) is 23.3. The fourth-order valence-corrected chi connectivity index (χ4v) is 5.78. The van der Waals surface area contributed by atoms with Crippen LogP contribution in [-0.4, -0.2) is 50.0 Å². The zero-order valence-electron chi connectivity index (χ0n) is 24.2. The molecule has 3 aromatic carbocycles. The quantitative estimate of drug-likeness (QED) is 0.256. The lowest BCUT2D eigenvalue weighted by Crippen LogP contribution is -2.52. The van der Waals surface area contributed by atoms with Crippen molar-refractivity contribution in [3.63, 3.8) is 0 Å². The molecule has 0 spiro atoms. The lowest BCUT2D eigenvalue weighted by atomic mass is 10.0. The third-order valence-electron chi connectivity index (χ3n) is 6.96. The lowest BCUT2D eigenvalue weighted by Gasteiger charge is -2.32. The van der Waals surface area contributed by atoms with Crippen LogP contribution in [0.2, 0.25) is 5.02 Å². The standard InChI is InChI=1S/C32H40ClN3O4S/c1-5-25(3)34-32(38)30(22-26-13-7-6-8-14-26)35(23-27-15-10-16-28(33)21-27)31(37)18-11-19-36(41(4,39)40)29-17-9-12-24(2)20-29/h6-10,12-17,20-21,25,30H,5,11,18-19,22-23H2,1-4H3,(H,34,38)/t25-,30-/m1/s1. The maximum atomic E-state index is 13.9. The summed E-state index contributed by atoms with van der Waals surface area (Å²) in [4.78, 5) is 29.1. The van der Waals surface area contributed by atoms with Gasteiger partial charge in [-0.3, -0.25) is 13.9 Å². The number of sulfonamides is 1. The first-order valence-electron chi connectivity index (χ1n) is 13.9. The van der Waals surface area contributed by atoms with E-state index in [0.717, 1.165) is 29.4 Å². The van der Waals surface area contributed by atoms with Crippen LogP contribution < -0.4 is 9.62 Å². The van der Waals surface area contributed by atoms with E-state index in [-0.39, 0.29) is 43.8 Å². The molecule has 0 aliphatic heterocycles. The van der Waals surface area contributed by atoms with Crippen molar-refractivity contribution >= 4 is 39.1 Å². The minimum absolute atomic E-state index is 0.0541. The minimum Gasteiger partial charge on any atom is -0.352 e. The number of benzene rings is 3. The molecule has 41 heavy (non-hydrogen) atoms. The van der Waals surface area contributed by atoms with Crippen molar-refractivity contribution in [3.05, 3.63) is 101 Å². The summed E-state index contributed by atoms with van der Waals surface area (Å²) in [6.45, 7) is 6.16. The van der Waals surface area contributed by atoms with E-state index in [1.165, 1.54) is 4.31 Å². The van der Waals surface area contributed by atoms with Crippen LogP contribution in [0.4, 0.5) is 5.69 Å². The Labute approximate surface area is 249 Å². The molecule has 0 heterocycles. The molecular formula is C32H40ClN3O4S. The Balaban J connectivity index is 1.89. The van der Waals surface area contributed by atoms with Gasteiger partial charge in [0.1, 0.15) is 6.04 Å². The Hall–Kier alpha value is -3.36. The molecule has 0 fully saturated rings. The van der Waals surface area contributed by atoms with Gasteiger partial charge in [0.25, 0.3) is 0 Å². The molecule has 2 atom stereocenters. The fraction of sp³-hybridized carbons (Fsp3) is 0.375. The number of nitrogens with zero attached hydrogens (tertiary/aromatic N) is 2. The molecule has 0 saturated carbocycles. The topological polar surface area (TPSA) is 86.8 Å². The monoisotopic (exact) mass is 597 g/mol. The molecule has 3 aromatic rings. The van der Waals surface area contributed by atoms with E-state index in [2.05, 4.69) is 5.32 Å². The second-order valence-corrected chi connectivity index (χ2v) is 12.8. The molecule has 0 radical (unpaired) electrons. The SMILES string of the molecule is CC[C@@H](C)NC(=O)[C@@H](Cc1ccccc1)N(Cc1cccc(Cl)c1)C(=O)CCCN(c1cccc(C)c1)S(C)(=O)=O. The highest BCUT2D eigenvalue weighted by Gasteiger charge is 2.31. The van der Waals surface area contributed by atoms with Gasteiger partial charge in [-0.2, -0.15) is 0 Å². The van der Waals surface area contributed by atoms with Gasteiger partial charge in [-0.25, -0.2) is 8.42 Å². The Kier molecular flexibility index (Phi) is 11.8. The molecule has 0 saturated heterocycles. The summed E-state index contributed by atoms with van der Waals surface area (Å²) in [5, 5.41) is 3.60. The van der Waals surface area contributed by atoms with Gasteiger partial charge in [0, 0.05) is 37.0 Å². The molecule has 0 bridgehead atoms. The number of aryl methyl sites for hydroxylation is 1. The molecule has 7 nitrogen and oxygen atoms in total. The number of amides is 2. The van der Waals surface area contributed by atoms with Crippen LogP contribution in [0, 0.1) is 6.92 Å². The third-order valence-corrected chi connectivity index (χ3v) is 8.39. The first-order valence-corrected chi connectivity index (χ1v) is 16.1. The van der Waals surface area contributed by atoms with E-state index in [0.29, 0.717) is 17.1 Å². The molecule has 0 aliphatic rings. The Morgan fingerprint density at radius 3 is 2.27 bits per heavy atom. The molecule has 1 N–H and O–H groups in total. The molecule has 9 heteroatoms. The number of halogens is 1. The molecule has 220 valence electrons. The second kappa shape index (κ2) is 15.0. The van der Waals surface area contributed by atoms with Crippen LogP contribution in [-0.2, 0) is 32.6 Å². The molecular weight excluding hydrogens is 558 g/mol. The summed E-state index contributed by atoms with van der Waals surface area (Å²) in [5.74, 6) is -0.459. The van der Waals surface area contributed by atoms with Crippen LogP contribution in [0.15, 0.2) is 78.9 Å². The molecule has 0 aliphatic carbocycles. The predicted molar refractivity (Wildman–Crippen MR) is 166 cm³/mol. The second-order valence-electron chi connectivity index (χ2n) is 10.5. The summed E-state index contributed by atoms with van der Waals surface area (Å²) >= 11 is 6.25. The van der Waals surface area contributed by atoms with Gasteiger partial charge in [0.05, 0.1) is 11.9 Å². The highest BCUT2D eigenvalue weighted by Crippen LogP contribution is 2.22. The van der Waals surface area contributed by atoms with Crippen molar-refractivity contribution in [1.29, 1.82) is 0 Å². The van der Waals surface area contributed by atoms with Gasteiger partial charge < -0.3 is 10.2 Å². The molecule has 0 unspecified atom stereocenters. The lowest BCUT2D eigenvalue weighted by molar-refractivity contribution is -0.141. The average molecular weight is 598 g/mol. The van der Waals surface area contributed by atoms with Gasteiger partial charge in [0.2, 0.25) is 21.8 Å². The van der Waals surface area contributed by atoms with Crippen molar-refractivity contribution in [2.75, 3.05) is 17.1 Å². The van der Waals surface area contributed by atoms with Crippen LogP contribution in [0.1, 0.15) is 49.8 Å². The number of anilines is 1. The fourth-order valence-electron chi connectivity index (χ4n) is 4.61. The summed E-state index contributed by atoms with van der Waals surface area (Å²) < 4.78 is 26.6. The van der Waals surface area contributed by atoms with Gasteiger partial charge in [-0.05, 0) is 67.6 Å². The van der Waals surface area contributed by atoms with Crippen molar-refractivity contribution < 1.29 is 18.0 Å². The summed E-state index contributed by atoms with van der Waals surface area (Å²) in [6.07, 6.45) is 2.62. The van der Waals surface area contributed by atoms with E-state index in [4.69, 9.17) is 11.6 Å². The number of carbonyl (C=O) groups excluding carboxylic acids is 2. The van der Waals surface area contributed by atoms with Crippen LogP contribution in [0.5, 0.6) is 0 Å². The van der Waals surface area contributed by atoms with E-state index >= 15 is 0 Å². The zero-order valence-corrected chi connectivity index (χ0v) is 25.8. The molecule has 2 amide bonds. The predicted octanol–water partition coefficient (Wildman–Crippen LogP) is 5.75. The van der Waals surface area contributed by atoms with E-state index < -0.39 is 16.1 Å². The first kappa shape index (κ1) is 32.2. The summed E-state index contributed by atoms with van der Waals surface area (Å²) in [7, 11) is -3.56. The van der Waals surface area contributed by atoms with Crippen molar-refractivity contribution in [2.45, 2.75) is 65.1 Å². The molecule has 3 rings (SSSR count). The number of hydrogen-bond acceptors (Lipinski definition) is 4. The first-order chi connectivity index (χ1) is 19.5. The highest BCUT2D eigenvalue weighted by molar-refractivity contribution is 7.92. The Morgan fingerprint density at radius 1 is 0.951 bits per heavy atom. The van der Waals surface area contributed by atoms with Gasteiger partial charge in [-0.15, -0.1) is 0 Å². The van der Waals surface area contributed by atoms with Crippen LogP contribution >= 0.6 is 11.6 Å². The Morgan fingerprint density at radius 2 is 1.63 bits per heavy atom. The molecule has 0 aromatic heterocycles. The summed E-state index contributed by atoms with van der Waals surface area (Å²) in [5.41, 5.74) is 3.24. The normalized spacial score (nSPS) is 12.8. The van der Waals surface area contributed by atoms with E-state index in [9.17, 15) is 18.0 Å². The van der Waals surface area contributed by atoms with E-state index in [1.807, 2.05) is 81.4 Å². The Bertz CT molecular complexity index is 1420. The number of hydrogen-bond donors (Lipinski definition) is 1. The smallest absolute Gasteiger partial charge is 0.243 e. The van der Waals surface area contributed by atoms with E-state index in [1.54, 1.807) is 23.1 Å². The van der Waals surface area contributed by atoms with Gasteiger partial charge in [0.15, 0.2) is 0 Å².